The molecule has 380 valence electrons. The van der Waals surface area contributed by atoms with E-state index in [4.69, 9.17) is 24.7 Å². The van der Waals surface area contributed by atoms with Gasteiger partial charge in [-0.3, -0.25) is 4.79 Å². The van der Waals surface area contributed by atoms with Crippen molar-refractivity contribution in [1.82, 2.24) is 10.6 Å². The number of aliphatic hydroxyl groups is 10. The van der Waals surface area contributed by atoms with E-state index in [1.165, 1.54) is 7.05 Å². The number of rotatable bonds is 3. The number of carbonyl (C=O) groups excluding carboxylic acids is 2. The molecule has 19 atom stereocenters. The Balaban J connectivity index is 1.89. The molecule has 19 heteroatoms. The number of cyclic esters (lactones) is 1. The van der Waals surface area contributed by atoms with Crippen molar-refractivity contribution in [3.8, 4) is 0 Å². The van der Waals surface area contributed by atoms with E-state index < -0.39 is 147 Å². The second-order valence-corrected chi connectivity index (χ2v) is 18.0. The third-order valence-electron chi connectivity index (χ3n) is 12.3. The Kier molecular flexibility index (Phi) is 24.8. The van der Waals surface area contributed by atoms with E-state index in [-0.39, 0.29) is 31.6 Å². The molecule has 2 bridgehead atoms. The van der Waals surface area contributed by atoms with Crippen molar-refractivity contribution in [3.05, 3.63) is 85.1 Å². The van der Waals surface area contributed by atoms with Gasteiger partial charge in [0.2, 0.25) is 0 Å². The summed E-state index contributed by atoms with van der Waals surface area (Å²) in [6.45, 7) is 6.79. The predicted molar refractivity (Wildman–Crippen MR) is 247 cm³/mol. The number of nitrogens with one attached hydrogen (secondary N) is 2. The molecule has 3 heterocycles. The van der Waals surface area contributed by atoms with Gasteiger partial charge in [-0.15, -0.1) is 0 Å². The Morgan fingerprint density at radius 3 is 1.87 bits per heavy atom. The molecule has 14 N–H and O–H groups in total. The molecule has 0 spiro atoms. The first-order valence-electron chi connectivity index (χ1n) is 23.1. The van der Waals surface area contributed by atoms with Crippen LogP contribution in [0, 0.1) is 11.8 Å². The van der Waals surface area contributed by atoms with E-state index in [2.05, 4.69) is 10.6 Å². The van der Waals surface area contributed by atoms with E-state index in [9.17, 15) is 60.7 Å². The quantitative estimate of drug-likeness (QED) is 0.169. The van der Waals surface area contributed by atoms with Crippen LogP contribution in [-0.2, 0) is 23.7 Å². The van der Waals surface area contributed by atoms with Crippen molar-refractivity contribution >= 4 is 12.0 Å². The fraction of sp³-hybridized carbons (Fsp3) is 0.667. The summed E-state index contributed by atoms with van der Waals surface area (Å²) < 4.78 is 23.6. The lowest BCUT2D eigenvalue weighted by atomic mass is 9.87. The van der Waals surface area contributed by atoms with E-state index in [0.29, 0.717) is 0 Å². The monoisotopic (exact) mass is 952 g/mol. The number of esters is 1. The molecule has 2 fully saturated rings. The Hall–Kier alpha value is -3.64. The molecular weight excluding hydrogens is 875 g/mol. The van der Waals surface area contributed by atoms with Crippen LogP contribution in [0.15, 0.2) is 85.1 Å². The maximum Gasteiger partial charge on any atom is 0.314 e. The molecule has 2 amide bonds. The van der Waals surface area contributed by atoms with Gasteiger partial charge >= 0.3 is 12.0 Å². The Morgan fingerprint density at radius 2 is 1.27 bits per heavy atom. The lowest BCUT2D eigenvalue weighted by Gasteiger charge is -2.46. The number of nitrogens with two attached hydrogens (primary N) is 1. The number of amides is 2. The second-order valence-electron chi connectivity index (χ2n) is 18.0. The van der Waals surface area contributed by atoms with Gasteiger partial charge in [-0.05, 0) is 33.1 Å². The smallest absolute Gasteiger partial charge is 0.314 e. The van der Waals surface area contributed by atoms with Gasteiger partial charge in [0, 0.05) is 44.6 Å². The molecule has 0 aromatic rings. The zero-order valence-electron chi connectivity index (χ0n) is 39.1. The topological polar surface area (TPSA) is 323 Å². The Bertz CT molecular complexity index is 1710. The highest BCUT2D eigenvalue weighted by atomic mass is 16.7. The fourth-order valence-corrected chi connectivity index (χ4v) is 8.06. The van der Waals surface area contributed by atoms with Gasteiger partial charge in [-0.1, -0.05) is 98.9 Å². The van der Waals surface area contributed by atoms with Crippen LogP contribution in [0.3, 0.4) is 0 Å². The molecule has 0 aromatic heterocycles. The zero-order chi connectivity index (χ0) is 49.8. The van der Waals surface area contributed by atoms with Crippen molar-refractivity contribution in [1.29, 1.82) is 0 Å². The molecule has 2 saturated heterocycles. The number of hydrogen-bond donors (Lipinski definition) is 13. The highest BCUT2D eigenvalue weighted by Crippen LogP contribution is 2.35. The van der Waals surface area contributed by atoms with Gasteiger partial charge in [0.05, 0.1) is 85.6 Å². The van der Waals surface area contributed by atoms with Crippen LogP contribution in [-0.4, -0.2) is 174 Å². The standard InChI is InChI=1S/C48H77N3O16/c1-28-18-16-14-12-10-8-6-7-9-11-13-15-17-19-35(66-46-45(61)41(49)44(60)31(4)65-46)25-39-42(51-47(62)50-5)38(57)27-48(63,67-39)26-34(54)23-37(56)36(55)21-20-32(52)22-33(53)24-40(58)64-30(3)29(2)43(28)59/h6-19,28-39,41-46,52-57,59-61,63H,20-27,49H2,1-5H3,(H2,50,51,62)/b7-6+,10-8+,11-9+,14-12+,15-13+,18-16+,19-17+/t28?,29-,30-,31+,32+,33+,34-,35-,36+,37+,38-,39?,41-,42+,43+,44+,45-,46-,48+/m0/s1. The summed E-state index contributed by atoms with van der Waals surface area (Å²) in [4.78, 5) is 25.2. The summed E-state index contributed by atoms with van der Waals surface area (Å²) in [5, 5.41) is 114. The minimum absolute atomic E-state index is 0.0901. The van der Waals surface area contributed by atoms with Crippen LogP contribution in [0.25, 0.3) is 0 Å². The highest BCUT2D eigenvalue weighted by Gasteiger charge is 2.49. The third-order valence-corrected chi connectivity index (χ3v) is 12.3. The van der Waals surface area contributed by atoms with E-state index >= 15 is 0 Å². The lowest BCUT2D eigenvalue weighted by molar-refractivity contribution is -0.303. The number of urea groups is 1. The summed E-state index contributed by atoms with van der Waals surface area (Å²) in [6, 6.07) is -2.93. The summed E-state index contributed by atoms with van der Waals surface area (Å²) in [5.41, 5.74) is 6.07. The molecule has 2 unspecified atom stereocenters. The molecule has 19 nitrogen and oxygen atoms in total. The molecule has 0 aliphatic carbocycles. The molecule has 3 aliphatic heterocycles. The summed E-state index contributed by atoms with van der Waals surface area (Å²) in [5.74, 6) is -3.68. The molecule has 67 heavy (non-hydrogen) atoms. The van der Waals surface area contributed by atoms with Gasteiger partial charge in [0.1, 0.15) is 12.2 Å². The number of ether oxygens (including phenoxy) is 4. The largest absolute Gasteiger partial charge is 0.462 e. The van der Waals surface area contributed by atoms with Gasteiger partial charge in [0.15, 0.2) is 12.1 Å². The number of allylic oxidation sites excluding steroid dienone is 12. The maximum absolute atomic E-state index is 12.6. The highest BCUT2D eigenvalue weighted by molar-refractivity contribution is 5.74. The first-order chi connectivity index (χ1) is 31.6. The average Bonchev–Trinajstić information content (AvgIpc) is 3.26. The molecular formula is C48H77N3O16. The third kappa shape index (κ3) is 19.7. The maximum atomic E-state index is 12.6. The minimum Gasteiger partial charge on any atom is -0.462 e. The SMILES string of the molecule is CNC(=O)N[C@H]1C2C[C@@H](O[C@@H]3O[C@H](C)[C@@H](O)[C@H](N)[C@@H]3O)/C=C/C=C/C=C/C=C/C=C/C=C/C=C/C(C)[C@@H](O)[C@@H](C)[C@H](C)OC(=O)C[C@H](O)C[C@H](O)CC[C@@H](O)[C@H](O)C[C@H](O)C[C@](O)(C[C@@H]1O)O2. The summed E-state index contributed by atoms with van der Waals surface area (Å²) in [6.07, 6.45) is 5.17. The molecule has 3 rings (SSSR count). The van der Waals surface area contributed by atoms with Crippen LogP contribution >= 0.6 is 0 Å². The van der Waals surface area contributed by atoms with Gasteiger partial charge in [-0.2, -0.15) is 0 Å². The van der Waals surface area contributed by atoms with E-state index in [1.54, 1.807) is 69.4 Å². The van der Waals surface area contributed by atoms with Crippen molar-refractivity contribution < 1.29 is 79.6 Å². The van der Waals surface area contributed by atoms with Crippen molar-refractivity contribution in [2.45, 2.75) is 183 Å². The predicted octanol–water partition coefficient (Wildman–Crippen LogP) is 0.309. The molecule has 0 saturated carbocycles. The van der Waals surface area contributed by atoms with E-state index in [0.717, 1.165) is 0 Å². The van der Waals surface area contributed by atoms with Crippen LogP contribution in [0.4, 0.5) is 4.79 Å². The van der Waals surface area contributed by atoms with Crippen molar-refractivity contribution in [2.75, 3.05) is 7.05 Å². The summed E-state index contributed by atoms with van der Waals surface area (Å²) in [7, 11) is 1.37. The second kappa shape index (κ2) is 28.8. The van der Waals surface area contributed by atoms with Gasteiger partial charge in [-0.25, -0.2) is 4.79 Å². The van der Waals surface area contributed by atoms with E-state index in [1.807, 2.05) is 43.4 Å². The number of aliphatic hydroxyl groups excluding tert-OH is 9. The molecule has 0 aromatic carbocycles. The zero-order valence-corrected chi connectivity index (χ0v) is 39.1. The molecule has 0 radical (unpaired) electrons. The molecule has 3 aliphatic rings. The lowest BCUT2D eigenvalue weighted by Crippen LogP contribution is -2.63. The summed E-state index contributed by atoms with van der Waals surface area (Å²) >= 11 is 0. The Morgan fingerprint density at radius 1 is 0.687 bits per heavy atom. The van der Waals surface area contributed by atoms with Crippen LogP contribution in [0.1, 0.15) is 79.1 Å². The van der Waals surface area contributed by atoms with Crippen LogP contribution in [0.2, 0.25) is 0 Å². The van der Waals surface area contributed by atoms with Crippen LogP contribution in [0.5, 0.6) is 0 Å². The fourth-order valence-electron chi connectivity index (χ4n) is 8.06. The minimum atomic E-state index is -2.23. The van der Waals surface area contributed by atoms with Gasteiger partial charge in [0.25, 0.3) is 0 Å². The first kappa shape index (κ1) is 57.7. The van der Waals surface area contributed by atoms with Gasteiger partial charge < -0.3 is 86.4 Å². The first-order valence-corrected chi connectivity index (χ1v) is 23.1. The Labute approximate surface area is 393 Å². The number of fused-ring (bicyclic) bond motifs is 2. The number of hydrogen-bond acceptors (Lipinski definition) is 17. The average molecular weight is 952 g/mol. The van der Waals surface area contributed by atoms with Crippen LogP contribution < -0.4 is 16.4 Å². The van der Waals surface area contributed by atoms with Crippen molar-refractivity contribution in [2.24, 2.45) is 17.6 Å². The van der Waals surface area contributed by atoms with Crippen molar-refractivity contribution in [3.63, 3.8) is 0 Å². The number of carbonyl (C=O) groups is 2. The normalized spacial score (nSPS) is 44.4.